The molecule has 1 aliphatic rings. The maximum atomic E-state index is 5.83. The number of hydrogen-bond acceptors (Lipinski definition) is 3. The van der Waals surface area contributed by atoms with E-state index < -0.39 is 0 Å². The molecular formula is C11H20N6. The molecule has 94 valence electrons. The quantitative estimate of drug-likeness (QED) is 0.582. The normalized spacial score (nSPS) is 17.1. The molecule has 0 saturated carbocycles. The molecule has 0 amide bonds. The maximum Gasteiger partial charge on any atom is 0.191 e. The summed E-state index contributed by atoms with van der Waals surface area (Å²) in [5.74, 6) is 2.17. The summed E-state index contributed by atoms with van der Waals surface area (Å²) in [5.41, 5.74) is 5.79. The van der Waals surface area contributed by atoms with Crippen LogP contribution in [0, 0.1) is 0 Å². The average Bonchev–Trinajstić information content (AvgIpc) is 2.59. The van der Waals surface area contributed by atoms with Crippen molar-refractivity contribution in [1.29, 1.82) is 0 Å². The molecule has 6 heteroatoms. The van der Waals surface area contributed by atoms with E-state index in [1.807, 2.05) is 0 Å². The van der Waals surface area contributed by atoms with Crippen LogP contribution in [0.15, 0.2) is 4.99 Å². The Balaban J connectivity index is 1.97. The van der Waals surface area contributed by atoms with Crippen LogP contribution in [0.2, 0.25) is 0 Å². The first-order chi connectivity index (χ1) is 7.97. The zero-order chi connectivity index (χ0) is 12.5. The third-order valence-electron chi connectivity index (χ3n) is 2.77. The average molecular weight is 236 g/mol. The number of hydrogen-bond donors (Lipinski definition) is 2. The van der Waals surface area contributed by atoms with Gasteiger partial charge in [-0.1, -0.05) is 20.8 Å². The van der Waals surface area contributed by atoms with Crippen LogP contribution < -0.4 is 5.73 Å². The number of likely N-dealkylation sites (tertiary alicyclic amines) is 1. The van der Waals surface area contributed by atoms with Crippen LogP contribution >= 0.6 is 0 Å². The fourth-order valence-corrected chi connectivity index (χ4v) is 1.50. The second kappa shape index (κ2) is 4.35. The van der Waals surface area contributed by atoms with Crippen molar-refractivity contribution in [2.75, 3.05) is 13.1 Å². The lowest BCUT2D eigenvalue weighted by Crippen LogP contribution is -2.46. The summed E-state index contributed by atoms with van der Waals surface area (Å²) in [4.78, 5) is 10.8. The maximum absolute atomic E-state index is 5.83. The van der Waals surface area contributed by atoms with Gasteiger partial charge < -0.3 is 10.6 Å². The van der Waals surface area contributed by atoms with E-state index in [9.17, 15) is 0 Å². The second-order valence-electron chi connectivity index (χ2n) is 5.37. The van der Waals surface area contributed by atoms with Crippen molar-refractivity contribution in [3.63, 3.8) is 0 Å². The number of nitrogens with one attached hydrogen (secondary N) is 1. The molecule has 0 aromatic carbocycles. The van der Waals surface area contributed by atoms with Gasteiger partial charge in [-0.3, -0.25) is 5.10 Å². The smallest absolute Gasteiger partial charge is 0.191 e. The van der Waals surface area contributed by atoms with Gasteiger partial charge in [0, 0.05) is 18.5 Å². The van der Waals surface area contributed by atoms with E-state index in [0.717, 1.165) is 24.7 Å². The Morgan fingerprint density at radius 2 is 2.18 bits per heavy atom. The number of aromatic amines is 1. The van der Waals surface area contributed by atoms with E-state index in [2.05, 4.69) is 45.8 Å². The second-order valence-corrected chi connectivity index (χ2v) is 5.37. The van der Waals surface area contributed by atoms with Crippen LogP contribution in [-0.4, -0.2) is 39.1 Å². The van der Waals surface area contributed by atoms with Gasteiger partial charge in [0.2, 0.25) is 0 Å². The molecule has 17 heavy (non-hydrogen) atoms. The van der Waals surface area contributed by atoms with E-state index in [1.54, 1.807) is 0 Å². The number of H-pyrrole nitrogens is 1. The van der Waals surface area contributed by atoms with Gasteiger partial charge >= 0.3 is 0 Å². The van der Waals surface area contributed by atoms with Gasteiger partial charge in [0.15, 0.2) is 11.8 Å². The van der Waals surface area contributed by atoms with Crippen LogP contribution in [0.1, 0.15) is 38.8 Å². The van der Waals surface area contributed by atoms with Gasteiger partial charge in [-0.2, -0.15) is 5.10 Å². The minimum Gasteiger partial charge on any atom is -0.370 e. The summed E-state index contributed by atoms with van der Waals surface area (Å²) >= 11 is 0. The lowest BCUT2D eigenvalue weighted by atomic mass is 9.96. The highest BCUT2D eigenvalue weighted by Gasteiger charge is 2.19. The molecule has 3 N–H and O–H groups in total. The van der Waals surface area contributed by atoms with Crippen LogP contribution in [0.4, 0.5) is 0 Å². The molecule has 1 aliphatic heterocycles. The molecule has 0 radical (unpaired) electrons. The Bertz CT molecular complexity index is 410. The summed E-state index contributed by atoms with van der Waals surface area (Å²) in [5, 5.41) is 7.08. The Morgan fingerprint density at radius 1 is 1.47 bits per heavy atom. The number of rotatable bonds is 2. The lowest BCUT2D eigenvalue weighted by Gasteiger charge is -2.31. The number of guanidine groups is 1. The van der Waals surface area contributed by atoms with Gasteiger partial charge in [0.1, 0.15) is 12.4 Å². The zero-order valence-corrected chi connectivity index (χ0v) is 10.7. The van der Waals surface area contributed by atoms with Gasteiger partial charge in [0.25, 0.3) is 0 Å². The summed E-state index contributed by atoms with van der Waals surface area (Å²) < 4.78 is 0. The van der Waals surface area contributed by atoms with Crippen molar-refractivity contribution in [1.82, 2.24) is 20.1 Å². The predicted molar refractivity (Wildman–Crippen MR) is 66.6 cm³/mol. The molecule has 1 saturated heterocycles. The van der Waals surface area contributed by atoms with Crippen LogP contribution in [0.5, 0.6) is 0 Å². The van der Waals surface area contributed by atoms with Crippen molar-refractivity contribution in [2.24, 2.45) is 10.7 Å². The first-order valence-corrected chi connectivity index (χ1v) is 5.93. The summed E-state index contributed by atoms with van der Waals surface area (Å²) in [6, 6.07) is 0. The van der Waals surface area contributed by atoms with Crippen LogP contribution in [0.25, 0.3) is 0 Å². The van der Waals surface area contributed by atoms with E-state index >= 15 is 0 Å². The first kappa shape index (κ1) is 11.9. The van der Waals surface area contributed by atoms with E-state index in [4.69, 9.17) is 5.73 Å². The van der Waals surface area contributed by atoms with Crippen molar-refractivity contribution in [3.05, 3.63) is 11.6 Å². The van der Waals surface area contributed by atoms with E-state index in [1.165, 1.54) is 6.42 Å². The van der Waals surface area contributed by atoms with Gasteiger partial charge in [-0.15, -0.1) is 0 Å². The van der Waals surface area contributed by atoms with Crippen LogP contribution in [0.3, 0.4) is 0 Å². The fraction of sp³-hybridized carbons (Fsp3) is 0.727. The molecule has 0 bridgehead atoms. The van der Waals surface area contributed by atoms with E-state index in [-0.39, 0.29) is 5.41 Å². The Morgan fingerprint density at radius 3 is 2.65 bits per heavy atom. The van der Waals surface area contributed by atoms with E-state index in [0.29, 0.717) is 12.5 Å². The molecule has 2 rings (SSSR count). The van der Waals surface area contributed by atoms with Crippen LogP contribution in [-0.2, 0) is 12.0 Å². The van der Waals surface area contributed by atoms with Crippen molar-refractivity contribution in [3.8, 4) is 0 Å². The molecule has 1 fully saturated rings. The van der Waals surface area contributed by atoms with Crippen molar-refractivity contribution in [2.45, 2.75) is 39.2 Å². The van der Waals surface area contributed by atoms with Gasteiger partial charge in [-0.25, -0.2) is 9.98 Å². The Kier molecular flexibility index (Phi) is 3.04. The Labute approximate surface area is 101 Å². The molecule has 0 spiro atoms. The topological polar surface area (TPSA) is 83.2 Å². The SMILES string of the molecule is CC(C)(C)c1n[nH]c(CN=C(N)N2CCC2)n1. The molecule has 1 aromatic rings. The molecular weight excluding hydrogens is 216 g/mol. The number of aromatic nitrogens is 3. The number of nitrogens with two attached hydrogens (primary N) is 1. The third kappa shape index (κ3) is 2.75. The summed E-state index contributed by atoms with van der Waals surface area (Å²) in [7, 11) is 0. The third-order valence-corrected chi connectivity index (χ3v) is 2.77. The fourth-order valence-electron chi connectivity index (χ4n) is 1.50. The lowest BCUT2D eigenvalue weighted by molar-refractivity contribution is 0.295. The molecule has 6 nitrogen and oxygen atoms in total. The standard InChI is InChI=1S/C11H20N6/c1-11(2,3)9-14-8(15-16-9)7-13-10(12)17-5-4-6-17/h4-7H2,1-3H3,(H2,12,13)(H,14,15,16). The Hall–Kier alpha value is -1.59. The highest BCUT2D eigenvalue weighted by Crippen LogP contribution is 2.17. The van der Waals surface area contributed by atoms with Crippen molar-refractivity contribution >= 4 is 5.96 Å². The summed E-state index contributed by atoms with van der Waals surface area (Å²) in [6.45, 7) is 8.73. The zero-order valence-electron chi connectivity index (χ0n) is 10.7. The van der Waals surface area contributed by atoms with Gasteiger partial charge in [-0.05, 0) is 6.42 Å². The highest BCUT2D eigenvalue weighted by molar-refractivity contribution is 5.78. The highest BCUT2D eigenvalue weighted by atomic mass is 15.3. The molecule has 2 heterocycles. The number of nitrogens with zero attached hydrogens (tertiary/aromatic N) is 4. The summed E-state index contributed by atoms with van der Waals surface area (Å²) in [6.07, 6.45) is 1.20. The first-order valence-electron chi connectivity index (χ1n) is 5.93. The molecule has 0 unspecified atom stereocenters. The number of aliphatic imine (C=N–C) groups is 1. The predicted octanol–water partition coefficient (Wildman–Crippen LogP) is 0.623. The minimum atomic E-state index is -0.0402. The molecule has 0 aliphatic carbocycles. The minimum absolute atomic E-state index is 0.0402. The monoisotopic (exact) mass is 236 g/mol. The van der Waals surface area contributed by atoms with Crippen molar-refractivity contribution < 1.29 is 0 Å². The van der Waals surface area contributed by atoms with Gasteiger partial charge in [0.05, 0.1) is 0 Å². The molecule has 1 aromatic heterocycles. The largest absolute Gasteiger partial charge is 0.370 e. The molecule has 0 atom stereocenters.